The predicted octanol–water partition coefficient (Wildman–Crippen LogP) is 2.90. The van der Waals surface area contributed by atoms with E-state index in [0.717, 1.165) is 24.7 Å². The smallest absolute Gasteiger partial charge is 0.223 e. The van der Waals surface area contributed by atoms with Gasteiger partial charge in [-0.25, -0.2) is 0 Å². The van der Waals surface area contributed by atoms with Crippen LogP contribution in [0.15, 0.2) is 38.9 Å². The third-order valence-corrected chi connectivity index (χ3v) is 3.36. The second kappa shape index (κ2) is 3.97. The molecule has 0 spiro atoms. The van der Waals surface area contributed by atoms with Gasteiger partial charge in [-0.3, -0.25) is 4.79 Å². The third kappa shape index (κ3) is 1.53. The summed E-state index contributed by atoms with van der Waals surface area (Å²) in [6.07, 6.45) is 2.88. The summed E-state index contributed by atoms with van der Waals surface area (Å²) in [6.45, 7) is 0. The highest BCUT2D eigenvalue weighted by molar-refractivity contribution is 5.79. The van der Waals surface area contributed by atoms with Crippen molar-refractivity contribution in [3.8, 4) is 5.75 Å². The average molecular weight is 244 g/mol. The molecule has 0 saturated heterocycles. The number of nitrogens with zero attached hydrogens (tertiary/aromatic N) is 4. The fourth-order valence-corrected chi connectivity index (χ4v) is 2.25. The Labute approximate surface area is 104 Å². The van der Waals surface area contributed by atoms with Crippen LogP contribution in [0.1, 0.15) is 28.8 Å². The number of hydrogen-bond acceptors (Lipinski definition) is 6. The van der Waals surface area contributed by atoms with Crippen molar-refractivity contribution in [2.24, 2.45) is 26.6 Å². The molecule has 1 saturated carbocycles. The van der Waals surface area contributed by atoms with Gasteiger partial charge in [0.15, 0.2) is 6.29 Å². The number of hydrogen-bond donors (Lipinski definition) is 0. The Morgan fingerprint density at radius 2 is 2.06 bits per heavy atom. The van der Waals surface area contributed by atoms with E-state index in [4.69, 9.17) is 4.74 Å². The molecule has 1 aromatic rings. The highest BCUT2D eigenvalue weighted by atomic mass is 16.5. The molecular weight excluding hydrogens is 232 g/mol. The summed E-state index contributed by atoms with van der Waals surface area (Å²) in [5, 5.41) is 15.6. The van der Waals surface area contributed by atoms with Crippen LogP contribution in [0.25, 0.3) is 0 Å². The van der Waals surface area contributed by atoms with E-state index in [1.54, 1.807) is 12.1 Å². The number of methoxy groups -OCH3 is 1. The van der Waals surface area contributed by atoms with Gasteiger partial charge in [0.1, 0.15) is 5.75 Å². The number of rotatable bonds is 4. The maximum absolute atomic E-state index is 11.1. The van der Waals surface area contributed by atoms with Crippen molar-refractivity contribution >= 4 is 6.29 Å². The molecule has 0 N–H and O–H groups in total. The van der Waals surface area contributed by atoms with E-state index in [2.05, 4.69) is 20.7 Å². The molecule has 18 heavy (non-hydrogen) atoms. The summed E-state index contributed by atoms with van der Waals surface area (Å²) in [6, 6.07) is 5.38. The van der Waals surface area contributed by atoms with Crippen molar-refractivity contribution in [2.75, 3.05) is 7.11 Å². The maximum atomic E-state index is 11.1. The lowest BCUT2D eigenvalue weighted by atomic mass is 9.94. The minimum atomic E-state index is -0.718. The Morgan fingerprint density at radius 3 is 2.61 bits per heavy atom. The highest BCUT2D eigenvalue weighted by Gasteiger charge is 2.50. The molecule has 1 heterocycles. The van der Waals surface area contributed by atoms with Gasteiger partial charge in [0.05, 0.1) is 12.7 Å². The molecule has 0 atom stereocenters. The molecule has 6 nitrogen and oxygen atoms in total. The van der Waals surface area contributed by atoms with E-state index in [1.807, 2.05) is 6.07 Å². The SMILES string of the molecule is COc1ccc(C2(C3CC3)N=NN=N2)cc1C=O. The maximum Gasteiger partial charge on any atom is 0.223 e. The van der Waals surface area contributed by atoms with E-state index < -0.39 is 5.66 Å². The summed E-state index contributed by atoms with van der Waals surface area (Å²) in [4.78, 5) is 11.1. The second-order valence-electron chi connectivity index (χ2n) is 4.45. The van der Waals surface area contributed by atoms with E-state index in [0.29, 0.717) is 17.2 Å². The first-order chi connectivity index (χ1) is 8.80. The van der Waals surface area contributed by atoms with Crippen LogP contribution >= 0.6 is 0 Å². The topological polar surface area (TPSA) is 75.7 Å². The van der Waals surface area contributed by atoms with Crippen LogP contribution in [0.4, 0.5) is 0 Å². The van der Waals surface area contributed by atoms with Crippen LogP contribution in [0.3, 0.4) is 0 Å². The van der Waals surface area contributed by atoms with Crippen molar-refractivity contribution in [1.29, 1.82) is 0 Å². The van der Waals surface area contributed by atoms with E-state index in [9.17, 15) is 4.79 Å². The van der Waals surface area contributed by atoms with E-state index in [-0.39, 0.29) is 0 Å². The third-order valence-electron chi connectivity index (χ3n) is 3.36. The zero-order valence-corrected chi connectivity index (χ0v) is 9.91. The molecule has 92 valence electrons. The lowest BCUT2D eigenvalue weighted by Gasteiger charge is -2.20. The lowest BCUT2D eigenvalue weighted by molar-refractivity contribution is 0.112. The largest absolute Gasteiger partial charge is 0.496 e. The highest BCUT2D eigenvalue weighted by Crippen LogP contribution is 2.51. The van der Waals surface area contributed by atoms with Crippen molar-refractivity contribution in [3.63, 3.8) is 0 Å². The molecule has 0 bridgehead atoms. The van der Waals surface area contributed by atoms with Gasteiger partial charge in [-0.1, -0.05) is 6.07 Å². The molecule has 1 fully saturated rings. The van der Waals surface area contributed by atoms with Gasteiger partial charge in [0, 0.05) is 11.5 Å². The lowest BCUT2D eigenvalue weighted by Crippen LogP contribution is -2.21. The average Bonchev–Trinajstić information content (AvgIpc) is 3.17. The van der Waals surface area contributed by atoms with E-state index in [1.165, 1.54) is 7.11 Å². The van der Waals surface area contributed by atoms with Crippen LogP contribution in [0.5, 0.6) is 5.75 Å². The first-order valence-corrected chi connectivity index (χ1v) is 5.78. The number of carbonyl (C=O) groups excluding carboxylic acids is 1. The van der Waals surface area contributed by atoms with Crippen molar-refractivity contribution in [1.82, 2.24) is 0 Å². The minimum Gasteiger partial charge on any atom is -0.496 e. The van der Waals surface area contributed by atoms with E-state index >= 15 is 0 Å². The first-order valence-electron chi connectivity index (χ1n) is 5.78. The summed E-state index contributed by atoms with van der Waals surface area (Å²) >= 11 is 0. The summed E-state index contributed by atoms with van der Waals surface area (Å²) < 4.78 is 5.12. The van der Waals surface area contributed by atoms with Gasteiger partial charge < -0.3 is 4.74 Å². The molecule has 0 unspecified atom stereocenters. The van der Waals surface area contributed by atoms with Crippen molar-refractivity contribution in [3.05, 3.63) is 29.3 Å². The minimum absolute atomic E-state index is 0.334. The number of ether oxygens (including phenoxy) is 1. The summed E-state index contributed by atoms with van der Waals surface area (Å²) in [7, 11) is 1.54. The fourth-order valence-electron chi connectivity index (χ4n) is 2.25. The van der Waals surface area contributed by atoms with Gasteiger partial charge in [0.2, 0.25) is 5.66 Å². The van der Waals surface area contributed by atoms with Crippen LogP contribution in [-0.4, -0.2) is 13.4 Å². The number of benzene rings is 1. The molecule has 6 heteroatoms. The van der Waals surface area contributed by atoms with Gasteiger partial charge in [-0.2, -0.15) is 0 Å². The summed E-state index contributed by atoms with van der Waals surface area (Å²) in [5.41, 5.74) is 0.620. The Kier molecular flexibility index (Phi) is 2.43. The second-order valence-corrected chi connectivity index (χ2v) is 4.45. The molecular formula is C12H12N4O2. The van der Waals surface area contributed by atoms with Crippen LogP contribution in [0.2, 0.25) is 0 Å². The van der Waals surface area contributed by atoms with Crippen LogP contribution in [-0.2, 0) is 5.66 Å². The standard InChI is InChI=1S/C12H12N4O2/c1-18-11-5-4-10(6-8(11)7-17)12(9-2-3-9)13-15-16-14-12/h4-7,9H,2-3H2,1H3. The Morgan fingerprint density at radius 1 is 1.33 bits per heavy atom. The quantitative estimate of drug-likeness (QED) is 0.763. The van der Waals surface area contributed by atoms with Crippen molar-refractivity contribution < 1.29 is 9.53 Å². The number of aldehydes is 1. The first kappa shape index (κ1) is 11.0. The zero-order chi connectivity index (χ0) is 12.6. The predicted molar refractivity (Wildman–Crippen MR) is 62.5 cm³/mol. The molecule has 1 aliphatic heterocycles. The van der Waals surface area contributed by atoms with Gasteiger partial charge >= 0.3 is 0 Å². The molecule has 0 amide bonds. The van der Waals surface area contributed by atoms with Crippen molar-refractivity contribution in [2.45, 2.75) is 18.5 Å². The normalized spacial score (nSPS) is 20.1. The van der Waals surface area contributed by atoms with Gasteiger partial charge in [0.25, 0.3) is 0 Å². The molecule has 1 aliphatic carbocycles. The van der Waals surface area contributed by atoms with Crippen LogP contribution in [0, 0.1) is 5.92 Å². The van der Waals surface area contributed by atoms with Gasteiger partial charge in [-0.05, 0) is 35.4 Å². The molecule has 0 radical (unpaired) electrons. The Hall–Kier alpha value is -2.11. The zero-order valence-electron chi connectivity index (χ0n) is 9.91. The van der Waals surface area contributed by atoms with Crippen LogP contribution < -0.4 is 4.74 Å². The monoisotopic (exact) mass is 244 g/mol. The molecule has 3 rings (SSSR count). The van der Waals surface area contributed by atoms with Gasteiger partial charge in [-0.15, -0.1) is 10.2 Å². The molecule has 1 aromatic carbocycles. The Balaban J connectivity index is 2.08. The molecule has 0 aromatic heterocycles. The summed E-state index contributed by atoms with van der Waals surface area (Å²) in [5.74, 6) is 0.881. The number of carbonyl (C=O) groups is 1. The Bertz CT molecular complexity index is 537. The fraction of sp³-hybridized carbons (Fsp3) is 0.417. The molecule has 2 aliphatic rings.